The molecule has 0 aliphatic carbocycles. The Kier molecular flexibility index (Phi) is 3.11. The molecule has 1 aliphatic heterocycles. The lowest BCUT2D eigenvalue weighted by atomic mass is 10.3. The Bertz CT molecular complexity index is 558. The van der Waals surface area contributed by atoms with Crippen molar-refractivity contribution in [2.24, 2.45) is 5.14 Å². The molecule has 17 heavy (non-hydrogen) atoms. The van der Waals surface area contributed by atoms with Gasteiger partial charge in [-0.3, -0.25) is 4.79 Å². The van der Waals surface area contributed by atoms with E-state index in [1.165, 1.54) is 4.90 Å². The van der Waals surface area contributed by atoms with Gasteiger partial charge < -0.3 is 4.90 Å². The van der Waals surface area contributed by atoms with Gasteiger partial charge in [0.1, 0.15) is 5.25 Å². The highest BCUT2D eigenvalue weighted by Gasteiger charge is 2.37. The number of amides is 1. The van der Waals surface area contributed by atoms with E-state index in [-0.39, 0.29) is 18.9 Å². The standard InChI is InChI=1S/C10H11ClN2O3S/c11-8-3-1-2-4-9(8)13-6-7(5-10(13)14)17(12,15)16/h1-4,7H,5-6H2,(H2,12,15,16). The average molecular weight is 275 g/mol. The molecule has 0 bridgehead atoms. The Morgan fingerprint density at radius 2 is 2.00 bits per heavy atom. The van der Waals surface area contributed by atoms with Crippen molar-refractivity contribution in [1.82, 2.24) is 0 Å². The largest absolute Gasteiger partial charge is 0.310 e. The van der Waals surface area contributed by atoms with Crippen LogP contribution in [-0.2, 0) is 14.8 Å². The molecule has 0 spiro atoms. The van der Waals surface area contributed by atoms with E-state index in [0.29, 0.717) is 10.7 Å². The highest BCUT2D eigenvalue weighted by Crippen LogP contribution is 2.30. The fourth-order valence-electron chi connectivity index (χ4n) is 1.80. The zero-order chi connectivity index (χ0) is 12.6. The summed E-state index contributed by atoms with van der Waals surface area (Å²) in [6, 6.07) is 6.79. The summed E-state index contributed by atoms with van der Waals surface area (Å²) in [6.45, 7) is 0.0569. The summed E-state index contributed by atoms with van der Waals surface area (Å²) < 4.78 is 22.4. The van der Waals surface area contributed by atoms with Gasteiger partial charge in [-0.2, -0.15) is 0 Å². The number of anilines is 1. The van der Waals surface area contributed by atoms with Crippen LogP contribution in [0.25, 0.3) is 0 Å². The van der Waals surface area contributed by atoms with Gasteiger partial charge in [0.2, 0.25) is 15.9 Å². The molecule has 1 aromatic rings. The first-order valence-electron chi connectivity index (χ1n) is 4.96. The minimum Gasteiger partial charge on any atom is -0.310 e. The lowest BCUT2D eigenvalue weighted by Crippen LogP contribution is -2.32. The Morgan fingerprint density at radius 1 is 1.35 bits per heavy atom. The molecule has 92 valence electrons. The molecule has 1 aliphatic rings. The summed E-state index contributed by atoms with van der Waals surface area (Å²) >= 11 is 5.96. The second-order valence-electron chi connectivity index (χ2n) is 3.87. The number of para-hydroxylation sites is 1. The second-order valence-corrected chi connectivity index (χ2v) is 6.12. The normalized spacial score (nSPS) is 20.9. The van der Waals surface area contributed by atoms with Gasteiger partial charge in [-0.15, -0.1) is 0 Å². The van der Waals surface area contributed by atoms with E-state index >= 15 is 0 Å². The van der Waals surface area contributed by atoms with E-state index in [0.717, 1.165) is 0 Å². The summed E-state index contributed by atoms with van der Waals surface area (Å²) in [4.78, 5) is 13.1. The minimum absolute atomic E-state index is 0.0569. The molecule has 1 heterocycles. The van der Waals surface area contributed by atoms with Crippen LogP contribution >= 0.6 is 11.6 Å². The van der Waals surface area contributed by atoms with Gasteiger partial charge in [-0.1, -0.05) is 23.7 Å². The van der Waals surface area contributed by atoms with Crippen LogP contribution in [0.4, 0.5) is 5.69 Å². The summed E-state index contributed by atoms with van der Waals surface area (Å²) in [7, 11) is -3.69. The molecule has 0 radical (unpaired) electrons. The maximum Gasteiger partial charge on any atom is 0.228 e. The van der Waals surface area contributed by atoms with Gasteiger partial charge in [0.15, 0.2) is 0 Å². The lowest BCUT2D eigenvalue weighted by Gasteiger charge is -2.17. The predicted octanol–water partition coefficient (Wildman–Crippen LogP) is 0.734. The number of nitrogens with zero attached hydrogens (tertiary/aromatic N) is 1. The van der Waals surface area contributed by atoms with Gasteiger partial charge in [0, 0.05) is 13.0 Å². The van der Waals surface area contributed by atoms with Crippen molar-refractivity contribution < 1.29 is 13.2 Å². The molecule has 1 unspecified atom stereocenters. The van der Waals surface area contributed by atoms with Gasteiger partial charge in [-0.25, -0.2) is 13.6 Å². The summed E-state index contributed by atoms with van der Waals surface area (Å²) in [6.07, 6.45) is -0.0932. The number of sulfonamides is 1. The summed E-state index contributed by atoms with van der Waals surface area (Å²) in [5.41, 5.74) is 0.519. The molecular formula is C10H11ClN2O3S. The van der Waals surface area contributed by atoms with E-state index < -0.39 is 15.3 Å². The maximum atomic E-state index is 11.7. The van der Waals surface area contributed by atoms with Gasteiger partial charge >= 0.3 is 0 Å². The van der Waals surface area contributed by atoms with Crippen molar-refractivity contribution in [3.8, 4) is 0 Å². The monoisotopic (exact) mass is 274 g/mol. The fraction of sp³-hybridized carbons (Fsp3) is 0.300. The molecule has 7 heteroatoms. The lowest BCUT2D eigenvalue weighted by molar-refractivity contribution is -0.117. The number of primary sulfonamides is 1. The number of halogens is 1. The van der Waals surface area contributed by atoms with Gasteiger partial charge in [-0.05, 0) is 12.1 Å². The van der Waals surface area contributed by atoms with Crippen LogP contribution in [0.5, 0.6) is 0 Å². The molecular weight excluding hydrogens is 264 g/mol. The van der Waals surface area contributed by atoms with Crippen molar-refractivity contribution in [1.29, 1.82) is 0 Å². The molecule has 5 nitrogen and oxygen atoms in total. The van der Waals surface area contributed by atoms with Crippen molar-refractivity contribution in [2.75, 3.05) is 11.4 Å². The zero-order valence-corrected chi connectivity index (χ0v) is 10.4. The Morgan fingerprint density at radius 3 is 2.53 bits per heavy atom. The first kappa shape index (κ1) is 12.3. The second kappa shape index (κ2) is 4.29. The summed E-state index contributed by atoms with van der Waals surface area (Å²) in [5.74, 6) is -0.280. The van der Waals surface area contributed by atoms with E-state index in [1.807, 2.05) is 0 Å². The molecule has 1 amide bonds. The highest BCUT2D eigenvalue weighted by atomic mass is 35.5. The number of hydrogen-bond donors (Lipinski definition) is 1. The smallest absolute Gasteiger partial charge is 0.228 e. The van der Waals surface area contributed by atoms with Crippen molar-refractivity contribution >= 4 is 33.2 Å². The number of carbonyl (C=O) groups is 1. The van der Waals surface area contributed by atoms with Gasteiger partial charge in [0.25, 0.3) is 0 Å². The number of benzene rings is 1. The van der Waals surface area contributed by atoms with Crippen LogP contribution < -0.4 is 10.0 Å². The molecule has 1 saturated heterocycles. The molecule has 1 aromatic carbocycles. The number of nitrogens with two attached hydrogens (primary N) is 1. The van der Waals surface area contributed by atoms with Crippen LogP contribution in [0.1, 0.15) is 6.42 Å². The third kappa shape index (κ3) is 2.43. The first-order valence-corrected chi connectivity index (χ1v) is 6.95. The van der Waals surface area contributed by atoms with Crippen molar-refractivity contribution in [2.45, 2.75) is 11.7 Å². The fourth-order valence-corrected chi connectivity index (χ4v) is 2.77. The molecule has 0 saturated carbocycles. The summed E-state index contributed by atoms with van der Waals surface area (Å²) in [5, 5.41) is 4.60. The van der Waals surface area contributed by atoms with Crippen LogP contribution in [0.15, 0.2) is 24.3 Å². The predicted molar refractivity (Wildman–Crippen MR) is 65.3 cm³/mol. The van der Waals surface area contributed by atoms with Crippen molar-refractivity contribution in [3.63, 3.8) is 0 Å². The van der Waals surface area contributed by atoms with Crippen LogP contribution in [0.3, 0.4) is 0 Å². The van der Waals surface area contributed by atoms with E-state index in [4.69, 9.17) is 16.7 Å². The third-order valence-electron chi connectivity index (χ3n) is 2.70. The molecule has 1 atom stereocenters. The minimum atomic E-state index is -3.69. The molecule has 1 fully saturated rings. The van der Waals surface area contributed by atoms with Crippen LogP contribution in [-0.4, -0.2) is 26.1 Å². The molecule has 0 aromatic heterocycles. The van der Waals surface area contributed by atoms with Crippen molar-refractivity contribution in [3.05, 3.63) is 29.3 Å². The van der Waals surface area contributed by atoms with E-state index in [1.54, 1.807) is 24.3 Å². The Hall–Kier alpha value is -1.11. The van der Waals surface area contributed by atoms with Crippen LogP contribution in [0, 0.1) is 0 Å². The quantitative estimate of drug-likeness (QED) is 0.863. The topological polar surface area (TPSA) is 80.5 Å². The average Bonchev–Trinajstić information content (AvgIpc) is 2.61. The number of hydrogen-bond acceptors (Lipinski definition) is 3. The van der Waals surface area contributed by atoms with Gasteiger partial charge in [0.05, 0.1) is 10.7 Å². The van der Waals surface area contributed by atoms with E-state index in [2.05, 4.69) is 0 Å². The Balaban J connectivity index is 2.31. The number of carbonyl (C=O) groups excluding carboxylic acids is 1. The first-order chi connectivity index (χ1) is 7.89. The SMILES string of the molecule is NS(=O)(=O)C1CC(=O)N(c2ccccc2Cl)C1. The Labute approximate surface area is 104 Å². The maximum absolute atomic E-state index is 11.7. The molecule has 2 rings (SSSR count). The third-order valence-corrected chi connectivity index (χ3v) is 4.26. The number of rotatable bonds is 2. The van der Waals surface area contributed by atoms with Crippen LogP contribution in [0.2, 0.25) is 5.02 Å². The highest BCUT2D eigenvalue weighted by molar-refractivity contribution is 7.89. The molecule has 2 N–H and O–H groups in total. The van der Waals surface area contributed by atoms with E-state index in [9.17, 15) is 13.2 Å². The zero-order valence-electron chi connectivity index (χ0n) is 8.84.